The van der Waals surface area contributed by atoms with Crippen molar-refractivity contribution in [2.24, 2.45) is 0 Å². The van der Waals surface area contributed by atoms with E-state index in [-0.39, 0.29) is 56.9 Å². The molecule has 7 heavy (non-hydrogen) atoms. The van der Waals surface area contributed by atoms with E-state index in [0.29, 0.717) is 0 Å². The molecule has 2 heteroatoms. The van der Waals surface area contributed by atoms with Gasteiger partial charge in [-0.25, -0.2) is 0 Å². The van der Waals surface area contributed by atoms with Crippen LogP contribution < -0.4 is 51.4 Å². The first kappa shape index (κ1) is 15.8. The Kier molecular flexibility index (Phi) is 23.9. The minimum absolute atomic E-state index is 0. The van der Waals surface area contributed by atoms with Crippen molar-refractivity contribution in [3.63, 3.8) is 0 Å². The van der Waals surface area contributed by atoms with E-state index in [1.807, 2.05) is 0 Å². The van der Waals surface area contributed by atoms with Crippen molar-refractivity contribution in [2.45, 2.75) is 27.2 Å². The van der Waals surface area contributed by atoms with Crippen LogP contribution in [-0.2, 0) is 0 Å². The second-order valence-electron chi connectivity index (χ2n) is 1.56. The quantitative estimate of drug-likeness (QED) is 0.294. The average Bonchev–Trinajstić information content (AvgIpc) is 1.38. The van der Waals surface area contributed by atoms with Crippen molar-refractivity contribution in [1.82, 2.24) is 0 Å². The summed E-state index contributed by atoms with van der Waals surface area (Å²) in [6, 6.07) is 0. The van der Waals surface area contributed by atoms with E-state index in [1.54, 1.807) is 0 Å². The van der Waals surface area contributed by atoms with Gasteiger partial charge in [-0.3, -0.25) is 0 Å². The molecule has 0 aromatic heterocycles. The third kappa shape index (κ3) is 18.4. The molecule has 0 rings (SSSR count). The Hall–Kier alpha value is 1.60. The van der Waals surface area contributed by atoms with Crippen molar-refractivity contribution in [3.8, 4) is 0 Å². The largest absolute Gasteiger partial charge is 1.00 e. The van der Waals surface area contributed by atoms with E-state index in [1.165, 1.54) is 12.3 Å². The van der Waals surface area contributed by atoms with Crippen LogP contribution in [0.5, 0.6) is 0 Å². The van der Waals surface area contributed by atoms with Gasteiger partial charge in [-0.1, -0.05) is 6.92 Å². The van der Waals surface area contributed by atoms with E-state index < -0.39 is 0 Å². The topological polar surface area (TPSA) is 31.5 Å². The van der Waals surface area contributed by atoms with Gasteiger partial charge in [0.05, 0.1) is 0 Å². The molecule has 0 bridgehead atoms. The Balaban J connectivity index is -0.0000000800. The second-order valence-corrected chi connectivity index (χ2v) is 1.56. The van der Waals surface area contributed by atoms with Crippen molar-refractivity contribution in [3.05, 3.63) is 5.92 Å². The fourth-order valence-electron chi connectivity index (χ4n) is 0. The number of rotatable bonds is 1. The molecular formula is C5H13KO. The van der Waals surface area contributed by atoms with E-state index in [2.05, 4.69) is 20.8 Å². The van der Waals surface area contributed by atoms with E-state index in [4.69, 9.17) is 0 Å². The first-order valence-corrected chi connectivity index (χ1v) is 2.06. The van der Waals surface area contributed by atoms with Gasteiger partial charge in [-0.2, -0.15) is 20.3 Å². The van der Waals surface area contributed by atoms with E-state index in [9.17, 15) is 0 Å². The molecule has 0 saturated carbocycles. The molecule has 0 aliphatic rings. The number of hydrogen-bond acceptors (Lipinski definition) is 0. The minimum atomic E-state index is 0. The molecule has 0 aromatic carbocycles. The molecule has 40 valence electrons. The fourth-order valence-corrected chi connectivity index (χ4v) is 0. The predicted molar refractivity (Wildman–Crippen MR) is 28.5 cm³/mol. The molecule has 0 saturated heterocycles. The first-order chi connectivity index (χ1) is 2.27. The summed E-state index contributed by atoms with van der Waals surface area (Å²) in [5.41, 5.74) is 0. The molecule has 0 fully saturated rings. The molecular weight excluding hydrogens is 115 g/mol. The van der Waals surface area contributed by atoms with Crippen LogP contribution in [0, 0.1) is 5.92 Å². The Labute approximate surface area is 88.6 Å². The molecule has 0 amide bonds. The van der Waals surface area contributed by atoms with Gasteiger partial charge in [0.15, 0.2) is 0 Å². The standard InChI is InChI=1S/C5H11.K.H2O/c1-4-5(2)3;;/h4H2,1-3H3;;1H2/q-1;+1;. The van der Waals surface area contributed by atoms with Gasteiger partial charge in [-0.05, 0) is 0 Å². The summed E-state index contributed by atoms with van der Waals surface area (Å²) in [6.07, 6.45) is 1.22. The summed E-state index contributed by atoms with van der Waals surface area (Å²) in [6.45, 7) is 6.44. The maximum Gasteiger partial charge on any atom is 1.00 e. The normalized spacial score (nSPS) is 6.86. The van der Waals surface area contributed by atoms with Crippen LogP contribution in [0.15, 0.2) is 0 Å². The fraction of sp³-hybridized carbons (Fsp3) is 0.800. The van der Waals surface area contributed by atoms with Crippen molar-refractivity contribution >= 4 is 0 Å². The first-order valence-electron chi connectivity index (χ1n) is 2.06. The van der Waals surface area contributed by atoms with E-state index in [0.717, 1.165) is 0 Å². The Morgan fingerprint density at radius 2 is 1.43 bits per heavy atom. The maximum atomic E-state index is 2.16. The van der Waals surface area contributed by atoms with E-state index >= 15 is 0 Å². The minimum Gasteiger partial charge on any atom is -0.412 e. The van der Waals surface area contributed by atoms with Crippen LogP contribution in [-0.4, -0.2) is 5.48 Å². The predicted octanol–water partition coefficient (Wildman–Crippen LogP) is -1.81. The van der Waals surface area contributed by atoms with Gasteiger partial charge in [0, 0.05) is 0 Å². The van der Waals surface area contributed by atoms with Gasteiger partial charge in [0.1, 0.15) is 0 Å². The van der Waals surface area contributed by atoms with Crippen molar-refractivity contribution < 1.29 is 56.9 Å². The zero-order chi connectivity index (χ0) is 4.28. The van der Waals surface area contributed by atoms with Crippen LogP contribution in [0.1, 0.15) is 27.2 Å². The molecule has 0 atom stereocenters. The molecule has 0 aliphatic heterocycles. The summed E-state index contributed by atoms with van der Waals surface area (Å²) >= 11 is 0. The van der Waals surface area contributed by atoms with Gasteiger partial charge in [0.25, 0.3) is 0 Å². The molecule has 0 aromatic rings. The van der Waals surface area contributed by atoms with Crippen LogP contribution in [0.3, 0.4) is 0 Å². The molecule has 2 N–H and O–H groups in total. The van der Waals surface area contributed by atoms with Crippen LogP contribution in [0.4, 0.5) is 0 Å². The molecule has 0 unspecified atom stereocenters. The molecule has 0 heterocycles. The van der Waals surface area contributed by atoms with Crippen LogP contribution in [0.2, 0.25) is 0 Å². The molecule has 1 nitrogen and oxygen atoms in total. The zero-order valence-electron chi connectivity index (χ0n) is 5.71. The monoisotopic (exact) mass is 128 g/mol. The zero-order valence-corrected chi connectivity index (χ0v) is 8.83. The maximum absolute atomic E-state index is 2.16. The summed E-state index contributed by atoms with van der Waals surface area (Å²) in [4.78, 5) is 0. The third-order valence-electron chi connectivity index (χ3n) is 0.707. The summed E-state index contributed by atoms with van der Waals surface area (Å²) in [5.74, 6) is 1.50. The Morgan fingerprint density at radius 1 is 1.29 bits per heavy atom. The van der Waals surface area contributed by atoms with Gasteiger partial charge >= 0.3 is 51.4 Å². The Morgan fingerprint density at radius 3 is 1.43 bits per heavy atom. The smallest absolute Gasteiger partial charge is 0.412 e. The van der Waals surface area contributed by atoms with Crippen LogP contribution >= 0.6 is 0 Å². The summed E-state index contributed by atoms with van der Waals surface area (Å²) in [7, 11) is 0. The molecule has 0 spiro atoms. The SMILES string of the molecule is CC[C-](C)C.O.[K+]. The van der Waals surface area contributed by atoms with Crippen LogP contribution in [0.25, 0.3) is 0 Å². The summed E-state index contributed by atoms with van der Waals surface area (Å²) < 4.78 is 0. The summed E-state index contributed by atoms with van der Waals surface area (Å²) in [5, 5.41) is 0. The molecule has 0 radical (unpaired) electrons. The Bertz CT molecular complexity index is 22.0. The van der Waals surface area contributed by atoms with Gasteiger partial charge in [0.2, 0.25) is 0 Å². The second kappa shape index (κ2) is 10.6. The van der Waals surface area contributed by atoms with Crippen molar-refractivity contribution in [2.75, 3.05) is 0 Å². The third-order valence-corrected chi connectivity index (χ3v) is 0.707. The van der Waals surface area contributed by atoms with Gasteiger partial charge in [-0.15, -0.1) is 0 Å². The molecule has 0 aliphatic carbocycles. The van der Waals surface area contributed by atoms with Gasteiger partial charge < -0.3 is 11.4 Å². The number of hydrogen-bond donors (Lipinski definition) is 0. The van der Waals surface area contributed by atoms with Crippen molar-refractivity contribution in [1.29, 1.82) is 0 Å². The average molecular weight is 128 g/mol.